The smallest absolute Gasteiger partial charge is 0.283 e. The fourth-order valence-corrected chi connectivity index (χ4v) is 6.57. The van der Waals surface area contributed by atoms with Gasteiger partial charge < -0.3 is 15.4 Å². The molecule has 2 unspecified atom stereocenters. The second-order valence-corrected chi connectivity index (χ2v) is 11.6. The maximum Gasteiger partial charge on any atom is 0.283 e. The number of carbonyl (C=O) groups excluding carboxylic acids is 2. The third-order valence-corrected chi connectivity index (χ3v) is 9.14. The first-order valence-electron chi connectivity index (χ1n) is 13.1. The number of ketones is 1. The van der Waals surface area contributed by atoms with Crippen molar-refractivity contribution < 1.29 is 23.1 Å². The van der Waals surface area contributed by atoms with E-state index in [1.54, 1.807) is 50.5 Å². The zero-order chi connectivity index (χ0) is 27.3. The highest BCUT2D eigenvalue weighted by Gasteiger charge is 2.68. The van der Waals surface area contributed by atoms with Crippen LogP contribution in [0, 0.1) is 17.3 Å². The largest absolute Gasteiger partial charge is 0.494 e. The number of hydrogen-bond donors (Lipinski definition) is 1. The van der Waals surface area contributed by atoms with E-state index >= 15 is 8.78 Å². The molecule has 0 aliphatic heterocycles. The van der Waals surface area contributed by atoms with E-state index in [1.165, 1.54) is 17.0 Å². The summed E-state index contributed by atoms with van der Waals surface area (Å²) in [7, 11) is 3.35. The van der Waals surface area contributed by atoms with Gasteiger partial charge in [0.25, 0.3) is 11.8 Å². The van der Waals surface area contributed by atoms with Gasteiger partial charge in [-0.1, -0.05) is 53.6 Å². The molecule has 0 aromatic heterocycles. The minimum atomic E-state index is -3.34. The lowest BCUT2D eigenvalue weighted by Gasteiger charge is -2.35. The summed E-state index contributed by atoms with van der Waals surface area (Å²) in [6, 6.07) is 13.1. The van der Waals surface area contributed by atoms with Crippen LogP contribution in [-0.4, -0.2) is 43.2 Å². The van der Waals surface area contributed by atoms with Gasteiger partial charge in [-0.25, -0.2) is 8.78 Å². The zero-order valence-electron chi connectivity index (χ0n) is 21.7. The van der Waals surface area contributed by atoms with Crippen molar-refractivity contribution in [1.82, 2.24) is 4.90 Å². The van der Waals surface area contributed by atoms with E-state index in [0.717, 1.165) is 25.7 Å². The number of carbonyl (C=O) groups is 2. The summed E-state index contributed by atoms with van der Waals surface area (Å²) in [5.74, 6) is -4.17. The van der Waals surface area contributed by atoms with Crippen LogP contribution in [0.2, 0.25) is 5.02 Å². The van der Waals surface area contributed by atoms with Gasteiger partial charge >= 0.3 is 0 Å². The summed E-state index contributed by atoms with van der Waals surface area (Å²) < 4.78 is 37.3. The number of hydrogen-bond acceptors (Lipinski definition) is 4. The number of amides is 1. The van der Waals surface area contributed by atoms with E-state index in [9.17, 15) is 9.59 Å². The van der Waals surface area contributed by atoms with E-state index in [4.69, 9.17) is 22.1 Å². The molecule has 2 N–H and O–H groups in total. The molecule has 3 aliphatic carbocycles. The number of allylic oxidation sites excluding steroid dienone is 2. The molecule has 2 aromatic rings. The molecule has 5 rings (SSSR count). The van der Waals surface area contributed by atoms with Crippen molar-refractivity contribution in [1.29, 1.82) is 0 Å². The van der Waals surface area contributed by atoms with E-state index in [1.807, 2.05) is 6.08 Å². The first kappa shape index (κ1) is 26.8. The third kappa shape index (κ3) is 4.43. The highest BCUT2D eigenvalue weighted by Crippen LogP contribution is 2.64. The van der Waals surface area contributed by atoms with Crippen LogP contribution in [0.4, 0.5) is 8.78 Å². The Hall–Kier alpha value is -2.77. The lowest BCUT2D eigenvalue weighted by atomic mass is 9.77. The Morgan fingerprint density at radius 3 is 2.55 bits per heavy atom. The Morgan fingerprint density at radius 1 is 1.18 bits per heavy atom. The second kappa shape index (κ2) is 9.76. The van der Waals surface area contributed by atoms with E-state index in [-0.39, 0.29) is 23.3 Å². The monoisotopic (exact) mass is 542 g/mol. The van der Waals surface area contributed by atoms with Crippen LogP contribution in [-0.2, 0) is 10.3 Å². The predicted molar refractivity (Wildman–Crippen MR) is 142 cm³/mol. The molecule has 1 spiro atoms. The Morgan fingerprint density at radius 2 is 1.92 bits per heavy atom. The number of benzene rings is 2. The molecule has 3 aliphatic rings. The molecule has 1 amide bonds. The number of Topliss-reactive ketones (excluding diaryl/α,β-unsaturated/α-hetero) is 1. The number of nitrogens with two attached hydrogens (primary N) is 1. The van der Waals surface area contributed by atoms with Gasteiger partial charge in [-0.3, -0.25) is 9.59 Å². The Bertz CT molecular complexity index is 1280. The fraction of sp³-hybridized carbons (Fsp3) is 0.467. The van der Waals surface area contributed by atoms with Crippen molar-refractivity contribution >= 4 is 23.3 Å². The molecular weight excluding hydrogens is 510 g/mol. The van der Waals surface area contributed by atoms with E-state index in [2.05, 4.69) is 0 Å². The highest BCUT2D eigenvalue weighted by molar-refractivity contribution is 6.34. The normalized spacial score (nSPS) is 29.7. The van der Waals surface area contributed by atoms with Gasteiger partial charge in [0.15, 0.2) is 11.3 Å². The van der Waals surface area contributed by atoms with Crippen molar-refractivity contribution in [3.05, 3.63) is 76.3 Å². The van der Waals surface area contributed by atoms with Crippen molar-refractivity contribution in [3.8, 4) is 5.75 Å². The van der Waals surface area contributed by atoms with Crippen LogP contribution in [0.15, 0.2) is 60.2 Å². The molecular formula is C30H33ClF2N2O3. The van der Waals surface area contributed by atoms with Crippen molar-refractivity contribution in [2.24, 2.45) is 23.0 Å². The quantitative estimate of drug-likeness (QED) is 0.435. The average Bonchev–Trinajstić information content (AvgIpc) is 3.53. The summed E-state index contributed by atoms with van der Waals surface area (Å²) in [6.45, 7) is 0.516. The second-order valence-electron chi connectivity index (χ2n) is 11.2. The van der Waals surface area contributed by atoms with Gasteiger partial charge in [-0.15, -0.1) is 0 Å². The van der Waals surface area contributed by atoms with Crippen LogP contribution in [0.25, 0.3) is 0 Å². The molecule has 38 heavy (non-hydrogen) atoms. The third-order valence-electron chi connectivity index (χ3n) is 8.82. The van der Waals surface area contributed by atoms with Crippen LogP contribution in [0.3, 0.4) is 0 Å². The molecule has 8 heteroatoms. The van der Waals surface area contributed by atoms with Gasteiger partial charge in [-0.2, -0.15) is 0 Å². The van der Waals surface area contributed by atoms with Crippen molar-refractivity contribution in [2.45, 2.75) is 50.0 Å². The molecule has 5 nitrogen and oxygen atoms in total. The topological polar surface area (TPSA) is 72.6 Å². The fourth-order valence-electron chi connectivity index (χ4n) is 6.32. The summed E-state index contributed by atoms with van der Waals surface area (Å²) in [4.78, 5) is 26.4. The highest BCUT2D eigenvalue weighted by atomic mass is 35.5. The van der Waals surface area contributed by atoms with Crippen molar-refractivity contribution in [2.75, 3.05) is 20.7 Å². The molecule has 4 atom stereocenters. The molecule has 2 saturated carbocycles. The first-order valence-corrected chi connectivity index (χ1v) is 13.5. The van der Waals surface area contributed by atoms with Gasteiger partial charge in [0, 0.05) is 20.5 Å². The minimum absolute atomic E-state index is 0.129. The maximum absolute atomic E-state index is 15.7. The Labute approximate surface area is 227 Å². The summed E-state index contributed by atoms with van der Waals surface area (Å²) in [6.07, 6.45) is 5.76. The standard InChI is InChI=1S/C30H33ClF2N2O3/c1-35(2)27(37)23-9-8-22(16-25(23)31)38-15-12-21-18-28(21)13-10-19(11-14-28)24-17-26(36)29(34,30(24,32)33)20-6-4-3-5-7-20/h3-10,16,21,24H,11-15,17-18,34H2,1-2H3/t21-,24?,28?,29-/m0/s1. The maximum atomic E-state index is 15.7. The SMILES string of the molecule is CN(C)C(=O)c1ccc(OCC[C@H]2CC23CC=C(C2CC(=O)[C@@](N)(c4ccccc4)C2(F)F)CC3)cc1Cl. The number of ether oxygens (including phenoxy) is 1. The predicted octanol–water partition coefficient (Wildman–Crippen LogP) is 6.01. The van der Waals surface area contributed by atoms with Crippen LogP contribution < -0.4 is 10.5 Å². The molecule has 0 radical (unpaired) electrons. The summed E-state index contributed by atoms with van der Waals surface area (Å²) >= 11 is 6.27. The molecule has 0 bridgehead atoms. The number of alkyl halides is 2. The van der Waals surface area contributed by atoms with Gasteiger partial charge in [0.2, 0.25) is 0 Å². The average molecular weight is 543 g/mol. The molecule has 202 valence electrons. The van der Waals surface area contributed by atoms with Gasteiger partial charge in [0.1, 0.15) is 5.75 Å². The first-order chi connectivity index (χ1) is 18.0. The Kier molecular flexibility index (Phi) is 6.89. The number of nitrogens with zero attached hydrogens (tertiary/aromatic N) is 1. The van der Waals surface area contributed by atoms with Crippen molar-refractivity contribution in [3.63, 3.8) is 0 Å². The van der Waals surface area contributed by atoms with E-state index in [0.29, 0.717) is 40.9 Å². The van der Waals surface area contributed by atoms with Crippen LogP contribution in [0.1, 0.15) is 54.4 Å². The molecule has 0 saturated heterocycles. The zero-order valence-corrected chi connectivity index (χ0v) is 22.4. The molecule has 0 heterocycles. The number of halogens is 3. The number of rotatable bonds is 7. The lowest BCUT2D eigenvalue weighted by molar-refractivity contribution is -0.133. The Balaban J connectivity index is 1.18. The van der Waals surface area contributed by atoms with Crippen LogP contribution >= 0.6 is 11.6 Å². The molecule has 2 fully saturated rings. The summed E-state index contributed by atoms with van der Waals surface area (Å²) in [5, 5.41) is 0.352. The van der Waals surface area contributed by atoms with Gasteiger partial charge in [-0.05, 0) is 67.2 Å². The van der Waals surface area contributed by atoms with Gasteiger partial charge in [0.05, 0.1) is 23.1 Å². The van der Waals surface area contributed by atoms with Crippen LogP contribution in [0.5, 0.6) is 5.75 Å². The minimum Gasteiger partial charge on any atom is -0.494 e. The molecule has 2 aromatic carbocycles. The van der Waals surface area contributed by atoms with E-state index < -0.39 is 23.2 Å². The lowest BCUT2D eigenvalue weighted by Crippen LogP contribution is -2.55. The summed E-state index contributed by atoms with van der Waals surface area (Å²) in [5.41, 5.74) is 5.29.